The SMILES string of the molecule is O=C(CCc1ccc(-c2ccccc2F)o1)NNC(=O)Cc1ccccc1. The fourth-order valence-electron chi connectivity index (χ4n) is 2.58. The van der Waals surface area contributed by atoms with Crippen LogP contribution in [0, 0.1) is 5.82 Å². The number of hydrazine groups is 1. The lowest BCUT2D eigenvalue weighted by Gasteiger charge is -2.07. The Morgan fingerprint density at radius 3 is 2.33 bits per heavy atom. The summed E-state index contributed by atoms with van der Waals surface area (Å²) in [5, 5.41) is 0. The molecule has 138 valence electrons. The molecule has 0 atom stereocenters. The van der Waals surface area contributed by atoms with Crippen LogP contribution in [0.25, 0.3) is 11.3 Å². The predicted octanol–water partition coefficient (Wildman–Crippen LogP) is 3.41. The van der Waals surface area contributed by atoms with Crippen LogP contribution in [-0.4, -0.2) is 11.8 Å². The molecule has 0 saturated heterocycles. The van der Waals surface area contributed by atoms with Gasteiger partial charge in [-0.25, -0.2) is 4.39 Å². The number of nitrogens with one attached hydrogen (secondary N) is 2. The normalized spacial score (nSPS) is 10.4. The van der Waals surface area contributed by atoms with Crippen molar-refractivity contribution in [1.82, 2.24) is 10.9 Å². The molecule has 2 amide bonds. The predicted molar refractivity (Wildman–Crippen MR) is 98.9 cm³/mol. The molecular formula is C21H19FN2O3. The molecule has 0 aliphatic rings. The van der Waals surface area contributed by atoms with E-state index in [2.05, 4.69) is 10.9 Å². The Hall–Kier alpha value is -3.41. The molecule has 0 aliphatic heterocycles. The molecule has 0 radical (unpaired) electrons. The molecule has 5 nitrogen and oxygen atoms in total. The molecule has 0 saturated carbocycles. The number of halogens is 1. The van der Waals surface area contributed by atoms with Crippen LogP contribution >= 0.6 is 0 Å². The third-order valence-electron chi connectivity index (χ3n) is 3.95. The van der Waals surface area contributed by atoms with Gasteiger partial charge in [0, 0.05) is 12.8 Å². The Balaban J connectivity index is 1.44. The maximum atomic E-state index is 13.8. The van der Waals surface area contributed by atoms with E-state index in [0.717, 1.165) is 5.56 Å². The molecule has 0 fully saturated rings. The molecule has 6 heteroatoms. The number of carbonyl (C=O) groups excluding carboxylic acids is 2. The van der Waals surface area contributed by atoms with Gasteiger partial charge in [-0.1, -0.05) is 42.5 Å². The van der Waals surface area contributed by atoms with Gasteiger partial charge in [-0.2, -0.15) is 0 Å². The number of hydrogen-bond donors (Lipinski definition) is 2. The minimum Gasteiger partial charge on any atom is -0.461 e. The van der Waals surface area contributed by atoms with E-state index in [4.69, 9.17) is 4.42 Å². The van der Waals surface area contributed by atoms with Crippen LogP contribution in [0.2, 0.25) is 0 Å². The third kappa shape index (κ3) is 5.28. The molecule has 1 aromatic heterocycles. The molecule has 2 N–H and O–H groups in total. The van der Waals surface area contributed by atoms with Crippen LogP contribution in [0.3, 0.4) is 0 Å². The average Bonchev–Trinajstić information content (AvgIpc) is 3.15. The highest BCUT2D eigenvalue weighted by Crippen LogP contribution is 2.25. The van der Waals surface area contributed by atoms with Crippen molar-refractivity contribution in [3.8, 4) is 11.3 Å². The van der Waals surface area contributed by atoms with Crippen LogP contribution in [0.5, 0.6) is 0 Å². The molecule has 2 aromatic carbocycles. The molecule has 1 heterocycles. The van der Waals surface area contributed by atoms with Crippen LogP contribution in [0.4, 0.5) is 4.39 Å². The Labute approximate surface area is 156 Å². The van der Waals surface area contributed by atoms with E-state index in [-0.39, 0.29) is 30.5 Å². The molecule has 27 heavy (non-hydrogen) atoms. The second-order valence-corrected chi connectivity index (χ2v) is 6.00. The van der Waals surface area contributed by atoms with Crippen molar-refractivity contribution in [2.24, 2.45) is 0 Å². The van der Waals surface area contributed by atoms with Crippen LogP contribution in [0.1, 0.15) is 17.7 Å². The summed E-state index contributed by atoms with van der Waals surface area (Å²) in [7, 11) is 0. The van der Waals surface area contributed by atoms with E-state index in [9.17, 15) is 14.0 Å². The van der Waals surface area contributed by atoms with Crippen molar-refractivity contribution < 1.29 is 18.4 Å². The maximum Gasteiger partial charge on any atom is 0.242 e. The molecular weight excluding hydrogens is 347 g/mol. The summed E-state index contributed by atoms with van der Waals surface area (Å²) in [6, 6.07) is 19.0. The maximum absolute atomic E-state index is 13.8. The van der Waals surface area contributed by atoms with E-state index in [1.807, 2.05) is 30.3 Å². The topological polar surface area (TPSA) is 71.3 Å². The van der Waals surface area contributed by atoms with Crippen molar-refractivity contribution in [3.05, 3.63) is 83.9 Å². The molecule has 0 aliphatic carbocycles. The third-order valence-corrected chi connectivity index (χ3v) is 3.95. The first-order valence-electron chi connectivity index (χ1n) is 8.57. The Kier molecular flexibility index (Phi) is 5.99. The highest BCUT2D eigenvalue weighted by atomic mass is 19.1. The van der Waals surface area contributed by atoms with Gasteiger partial charge in [0.1, 0.15) is 17.3 Å². The van der Waals surface area contributed by atoms with Gasteiger partial charge in [0.25, 0.3) is 0 Å². The number of aryl methyl sites for hydroxylation is 1. The van der Waals surface area contributed by atoms with Crippen LogP contribution in [-0.2, 0) is 22.4 Å². The zero-order chi connectivity index (χ0) is 19.1. The van der Waals surface area contributed by atoms with E-state index in [0.29, 0.717) is 23.5 Å². The summed E-state index contributed by atoms with van der Waals surface area (Å²) in [6.45, 7) is 0. The van der Waals surface area contributed by atoms with Crippen molar-refractivity contribution >= 4 is 11.8 Å². The molecule has 0 spiro atoms. The molecule has 3 rings (SSSR count). The quantitative estimate of drug-likeness (QED) is 0.657. The van der Waals surface area contributed by atoms with E-state index in [1.165, 1.54) is 6.07 Å². The number of hydrogen-bond acceptors (Lipinski definition) is 3. The number of carbonyl (C=O) groups is 2. The zero-order valence-electron chi connectivity index (χ0n) is 14.6. The van der Waals surface area contributed by atoms with E-state index >= 15 is 0 Å². The van der Waals surface area contributed by atoms with Gasteiger partial charge < -0.3 is 4.42 Å². The zero-order valence-corrected chi connectivity index (χ0v) is 14.6. The first kappa shape index (κ1) is 18.4. The van der Waals surface area contributed by atoms with Crippen LogP contribution in [0.15, 0.2) is 71.1 Å². The minimum atomic E-state index is -0.364. The summed E-state index contributed by atoms with van der Waals surface area (Å²) in [5.74, 6) is -0.00870. The van der Waals surface area contributed by atoms with Crippen molar-refractivity contribution in [2.75, 3.05) is 0 Å². The number of benzene rings is 2. The monoisotopic (exact) mass is 366 g/mol. The highest BCUT2D eigenvalue weighted by molar-refractivity contribution is 5.83. The fourth-order valence-corrected chi connectivity index (χ4v) is 2.58. The second kappa shape index (κ2) is 8.80. The van der Waals surface area contributed by atoms with Gasteiger partial charge in [0.05, 0.1) is 12.0 Å². The van der Waals surface area contributed by atoms with E-state index < -0.39 is 0 Å². The van der Waals surface area contributed by atoms with Gasteiger partial charge in [0.2, 0.25) is 11.8 Å². The molecule has 0 unspecified atom stereocenters. The van der Waals surface area contributed by atoms with E-state index in [1.54, 1.807) is 30.3 Å². The molecule has 0 bridgehead atoms. The van der Waals surface area contributed by atoms with Crippen molar-refractivity contribution in [2.45, 2.75) is 19.3 Å². The number of rotatable bonds is 6. The first-order chi connectivity index (χ1) is 13.1. The average molecular weight is 366 g/mol. The second-order valence-electron chi connectivity index (χ2n) is 6.00. The van der Waals surface area contributed by atoms with Gasteiger partial charge in [-0.05, 0) is 29.8 Å². The number of amides is 2. The van der Waals surface area contributed by atoms with Crippen molar-refractivity contribution in [3.63, 3.8) is 0 Å². The lowest BCUT2D eigenvalue weighted by Crippen LogP contribution is -2.42. The highest BCUT2D eigenvalue weighted by Gasteiger charge is 2.11. The number of furan rings is 1. The molecule has 3 aromatic rings. The smallest absolute Gasteiger partial charge is 0.242 e. The van der Waals surface area contributed by atoms with Gasteiger partial charge >= 0.3 is 0 Å². The summed E-state index contributed by atoms with van der Waals surface area (Å²) in [5.41, 5.74) is 6.01. The summed E-state index contributed by atoms with van der Waals surface area (Å²) in [4.78, 5) is 23.7. The first-order valence-corrected chi connectivity index (χ1v) is 8.57. The summed E-state index contributed by atoms with van der Waals surface area (Å²) >= 11 is 0. The minimum absolute atomic E-state index is 0.135. The largest absolute Gasteiger partial charge is 0.461 e. The standard InChI is InChI=1S/C21H19FN2O3/c22-18-9-5-4-8-17(18)19-12-10-16(27-19)11-13-20(25)23-24-21(26)14-15-6-2-1-3-7-15/h1-10,12H,11,13-14H2,(H,23,25)(H,24,26). The van der Waals surface area contributed by atoms with Crippen molar-refractivity contribution in [1.29, 1.82) is 0 Å². The van der Waals surface area contributed by atoms with Gasteiger partial charge in [-0.3, -0.25) is 20.4 Å². The Morgan fingerprint density at radius 2 is 1.56 bits per heavy atom. The fraction of sp³-hybridized carbons (Fsp3) is 0.143. The van der Waals surface area contributed by atoms with Gasteiger partial charge in [0.15, 0.2) is 0 Å². The lowest BCUT2D eigenvalue weighted by atomic mass is 10.1. The summed E-state index contributed by atoms with van der Waals surface area (Å²) < 4.78 is 19.4. The Bertz CT molecular complexity index is 922. The van der Waals surface area contributed by atoms with Gasteiger partial charge in [-0.15, -0.1) is 0 Å². The van der Waals surface area contributed by atoms with Crippen LogP contribution < -0.4 is 10.9 Å². The summed E-state index contributed by atoms with van der Waals surface area (Å²) in [6.07, 6.45) is 0.663. The Morgan fingerprint density at radius 1 is 0.852 bits per heavy atom. The lowest BCUT2D eigenvalue weighted by molar-refractivity contribution is -0.128.